The Morgan fingerprint density at radius 3 is 1.28 bits per heavy atom. The summed E-state index contributed by atoms with van der Waals surface area (Å²) in [6.45, 7) is 2.65. The molecule has 0 saturated heterocycles. The van der Waals surface area contributed by atoms with Gasteiger partial charge in [0.05, 0.1) is 0 Å². The maximum Gasteiger partial charge on any atom is 0.0314 e. The number of hydrogen-bond acceptors (Lipinski definition) is 3. The van der Waals surface area contributed by atoms with Crippen LogP contribution in [0.15, 0.2) is 78.9 Å². The maximum atomic E-state index is 5.79. The van der Waals surface area contributed by atoms with E-state index in [9.17, 15) is 0 Å². The van der Waals surface area contributed by atoms with Crippen LogP contribution >= 0.6 is 0 Å². The largest absolute Gasteiger partial charge is 1.00 e. The van der Waals surface area contributed by atoms with Gasteiger partial charge in [-0.15, -0.1) is 0 Å². The minimum absolute atomic E-state index is 0. The van der Waals surface area contributed by atoms with Gasteiger partial charge in [0.1, 0.15) is 0 Å². The van der Waals surface area contributed by atoms with Crippen molar-refractivity contribution in [1.82, 2.24) is 4.90 Å². The average molecular weight is 353 g/mol. The van der Waals surface area contributed by atoms with Crippen LogP contribution in [0, 0.1) is 0 Å². The molecule has 0 spiro atoms. The molecule has 0 aliphatic carbocycles. The van der Waals surface area contributed by atoms with E-state index in [2.05, 4.69) is 53.4 Å². The van der Waals surface area contributed by atoms with E-state index in [4.69, 9.17) is 11.5 Å². The van der Waals surface area contributed by atoms with Crippen molar-refractivity contribution < 1.29 is 12.4 Å². The summed E-state index contributed by atoms with van der Waals surface area (Å²) in [7, 11) is 0. The first-order valence-corrected chi connectivity index (χ1v) is 8.14. The van der Waals surface area contributed by atoms with Crippen molar-refractivity contribution in [2.24, 2.45) is 0 Å². The number of nitrogens with two attached hydrogens (primary N) is 2. The summed E-state index contributed by atoms with van der Waals surface area (Å²) in [6, 6.07) is 26.8. The van der Waals surface area contributed by atoms with Gasteiger partial charge in [-0.25, -0.2) is 0 Å². The smallest absolute Gasteiger partial charge is 0.0314 e. The molecule has 0 radical (unpaired) electrons. The average Bonchev–Trinajstić information content (AvgIpc) is 2.60. The van der Waals surface area contributed by atoms with Crippen LogP contribution in [0.2, 0.25) is 0 Å². The zero-order valence-electron chi connectivity index (χ0n) is 14.1. The van der Waals surface area contributed by atoms with E-state index in [-0.39, 0.29) is 12.4 Å². The topological polar surface area (TPSA) is 55.3 Å². The summed E-state index contributed by atoms with van der Waals surface area (Å²) in [5.74, 6) is 0. The van der Waals surface area contributed by atoms with Gasteiger partial charge in [-0.3, -0.25) is 4.90 Å². The Bertz CT molecular complexity index is 708. The molecule has 3 aromatic carbocycles. The SMILES string of the molecule is Nc1ccc(CN(Cc2ccccc2)Cc2ccc(N)cc2)cc1.[Cl-]. The Morgan fingerprint density at radius 1 is 0.520 bits per heavy atom. The highest BCUT2D eigenvalue weighted by Crippen LogP contribution is 2.16. The molecule has 4 heteroatoms. The lowest BCUT2D eigenvalue weighted by Gasteiger charge is -2.23. The van der Waals surface area contributed by atoms with Crippen LogP contribution in [0.25, 0.3) is 0 Å². The van der Waals surface area contributed by atoms with Gasteiger partial charge in [0.25, 0.3) is 0 Å². The molecule has 3 rings (SSSR count). The zero-order valence-corrected chi connectivity index (χ0v) is 14.9. The van der Waals surface area contributed by atoms with Crippen molar-refractivity contribution in [3.63, 3.8) is 0 Å². The summed E-state index contributed by atoms with van der Waals surface area (Å²) in [5, 5.41) is 0. The van der Waals surface area contributed by atoms with Gasteiger partial charge in [-0.1, -0.05) is 54.6 Å². The molecule has 3 nitrogen and oxygen atoms in total. The zero-order chi connectivity index (χ0) is 16.8. The number of benzene rings is 3. The molecular weight excluding hydrogens is 330 g/mol. The molecule has 3 aromatic rings. The third kappa shape index (κ3) is 5.82. The quantitative estimate of drug-likeness (QED) is 0.652. The van der Waals surface area contributed by atoms with Gasteiger partial charge in [0.15, 0.2) is 0 Å². The Morgan fingerprint density at radius 2 is 0.880 bits per heavy atom. The third-order valence-electron chi connectivity index (χ3n) is 4.02. The molecule has 0 aliphatic heterocycles. The van der Waals surface area contributed by atoms with Crippen LogP contribution < -0.4 is 23.9 Å². The second-order valence-electron chi connectivity index (χ2n) is 6.11. The van der Waals surface area contributed by atoms with Crippen LogP contribution in [-0.4, -0.2) is 4.90 Å². The standard InChI is InChI=1S/C21H23N3.ClH/c22-20-10-6-18(7-11-20)15-24(14-17-4-2-1-3-5-17)16-19-8-12-21(23)13-9-19;/h1-13H,14-16,22-23H2;1H/p-1. The number of halogens is 1. The van der Waals surface area contributed by atoms with E-state index in [0.717, 1.165) is 31.0 Å². The van der Waals surface area contributed by atoms with Gasteiger partial charge in [0.2, 0.25) is 0 Å². The molecule has 4 N–H and O–H groups in total. The Labute approximate surface area is 155 Å². The lowest BCUT2D eigenvalue weighted by atomic mass is 10.1. The molecule has 0 saturated carbocycles. The number of nitrogens with zero attached hydrogens (tertiary/aromatic N) is 1. The van der Waals surface area contributed by atoms with Crippen molar-refractivity contribution in [3.8, 4) is 0 Å². The van der Waals surface area contributed by atoms with Crippen LogP contribution in [-0.2, 0) is 19.6 Å². The van der Waals surface area contributed by atoms with Crippen molar-refractivity contribution >= 4 is 11.4 Å². The van der Waals surface area contributed by atoms with E-state index >= 15 is 0 Å². The molecule has 0 unspecified atom stereocenters. The first-order chi connectivity index (χ1) is 11.7. The van der Waals surface area contributed by atoms with E-state index < -0.39 is 0 Å². The maximum absolute atomic E-state index is 5.79. The Hall–Kier alpha value is -2.49. The van der Waals surface area contributed by atoms with Crippen molar-refractivity contribution in [2.75, 3.05) is 11.5 Å². The molecule has 0 amide bonds. The molecule has 25 heavy (non-hydrogen) atoms. The minimum atomic E-state index is 0. The molecule has 0 bridgehead atoms. The second kappa shape index (κ2) is 9.11. The predicted octanol–water partition coefficient (Wildman–Crippen LogP) is 1.06. The molecule has 0 fully saturated rings. The van der Waals surface area contributed by atoms with Gasteiger partial charge < -0.3 is 23.9 Å². The van der Waals surface area contributed by atoms with E-state index in [1.807, 2.05) is 30.3 Å². The summed E-state index contributed by atoms with van der Waals surface area (Å²) in [5.41, 5.74) is 17.0. The highest BCUT2D eigenvalue weighted by Gasteiger charge is 2.08. The summed E-state index contributed by atoms with van der Waals surface area (Å²) >= 11 is 0. The van der Waals surface area contributed by atoms with Gasteiger partial charge >= 0.3 is 0 Å². The third-order valence-corrected chi connectivity index (χ3v) is 4.02. The fraction of sp³-hybridized carbons (Fsp3) is 0.143. The molecule has 0 aliphatic rings. The van der Waals surface area contributed by atoms with Gasteiger partial charge in [-0.05, 0) is 41.0 Å². The highest BCUT2D eigenvalue weighted by molar-refractivity contribution is 5.40. The van der Waals surface area contributed by atoms with Crippen molar-refractivity contribution in [1.29, 1.82) is 0 Å². The molecule has 0 heterocycles. The van der Waals surface area contributed by atoms with Crippen LogP contribution in [0.3, 0.4) is 0 Å². The molecule has 0 aromatic heterocycles. The lowest BCUT2D eigenvalue weighted by molar-refractivity contribution is -0.00000501. The fourth-order valence-corrected chi connectivity index (χ4v) is 2.77. The van der Waals surface area contributed by atoms with Crippen LogP contribution in [0.4, 0.5) is 11.4 Å². The molecule has 130 valence electrons. The Kier molecular flexibility index (Phi) is 6.87. The number of hydrogen-bond donors (Lipinski definition) is 2. The number of anilines is 2. The summed E-state index contributed by atoms with van der Waals surface area (Å²) in [6.07, 6.45) is 0. The molecule has 0 atom stereocenters. The van der Waals surface area contributed by atoms with Gasteiger partial charge in [-0.2, -0.15) is 0 Å². The summed E-state index contributed by atoms with van der Waals surface area (Å²) < 4.78 is 0. The highest BCUT2D eigenvalue weighted by atomic mass is 35.5. The van der Waals surface area contributed by atoms with E-state index in [1.165, 1.54) is 16.7 Å². The van der Waals surface area contributed by atoms with E-state index in [1.54, 1.807) is 0 Å². The van der Waals surface area contributed by atoms with Crippen LogP contribution in [0.1, 0.15) is 16.7 Å². The number of rotatable bonds is 6. The predicted molar refractivity (Wildman–Crippen MR) is 101 cm³/mol. The lowest BCUT2D eigenvalue weighted by Crippen LogP contribution is -3.00. The fourth-order valence-electron chi connectivity index (χ4n) is 2.77. The normalized spacial score (nSPS) is 10.4. The van der Waals surface area contributed by atoms with Crippen molar-refractivity contribution in [2.45, 2.75) is 19.6 Å². The Balaban J connectivity index is 0.00000225. The number of nitrogen functional groups attached to an aromatic ring is 2. The second-order valence-corrected chi connectivity index (χ2v) is 6.11. The van der Waals surface area contributed by atoms with Crippen LogP contribution in [0.5, 0.6) is 0 Å². The minimum Gasteiger partial charge on any atom is -1.00 e. The first kappa shape index (κ1) is 18.8. The van der Waals surface area contributed by atoms with Crippen molar-refractivity contribution in [3.05, 3.63) is 95.6 Å². The summed E-state index contributed by atoms with van der Waals surface area (Å²) in [4.78, 5) is 2.42. The first-order valence-electron chi connectivity index (χ1n) is 8.14. The van der Waals surface area contributed by atoms with Gasteiger partial charge in [0, 0.05) is 31.0 Å². The van der Waals surface area contributed by atoms with E-state index in [0.29, 0.717) is 0 Å². The monoisotopic (exact) mass is 352 g/mol. The molecular formula is C21H23ClN3-.